The molecule has 3 heterocycles. The lowest BCUT2D eigenvalue weighted by Crippen LogP contribution is -2.47. The Morgan fingerprint density at radius 3 is 2.28 bits per heavy atom. The second kappa shape index (κ2) is 15.0. The van der Waals surface area contributed by atoms with Crippen LogP contribution in [0.1, 0.15) is 62.1 Å². The van der Waals surface area contributed by atoms with Crippen LogP contribution < -0.4 is 20.9 Å². The molecule has 3 fully saturated rings. The summed E-state index contributed by atoms with van der Waals surface area (Å²) >= 11 is 0. The Bertz CT molecular complexity index is 1900. The van der Waals surface area contributed by atoms with Crippen LogP contribution in [0.25, 0.3) is 11.2 Å². The lowest BCUT2D eigenvalue weighted by atomic mass is 9.91. The molecule has 0 radical (unpaired) electrons. The first-order chi connectivity index (χ1) is 25.5. The highest BCUT2D eigenvalue weighted by Gasteiger charge is 2.51. The number of imidazole rings is 1. The van der Waals surface area contributed by atoms with E-state index in [0.29, 0.717) is 43.3 Å². The molecule has 3 aliphatic rings. The maximum absolute atomic E-state index is 13.3. The van der Waals surface area contributed by atoms with Crippen molar-refractivity contribution in [1.82, 2.24) is 30.2 Å². The van der Waals surface area contributed by atoms with Crippen molar-refractivity contribution >= 4 is 40.7 Å². The van der Waals surface area contributed by atoms with E-state index >= 15 is 0 Å². The third-order valence-corrected chi connectivity index (χ3v) is 10.2. The van der Waals surface area contributed by atoms with Crippen molar-refractivity contribution in [3.8, 4) is 0 Å². The first kappa shape index (κ1) is 36.1. The van der Waals surface area contributed by atoms with Gasteiger partial charge in [-0.1, -0.05) is 67.6 Å². The molecule has 0 unspecified atom stereocenters. The maximum atomic E-state index is 13.3. The number of anilines is 2. The largest absolute Gasteiger partial charge is 0.490 e. The second-order valence-electron chi connectivity index (χ2n) is 13.9. The number of hydrogen-bond acceptors (Lipinski definition) is 10. The van der Waals surface area contributed by atoms with E-state index in [1.807, 2.05) is 65.6 Å². The highest BCUT2D eigenvalue weighted by atomic mass is 19.4. The molecule has 2 saturated carbocycles. The zero-order valence-corrected chi connectivity index (χ0v) is 29.0. The van der Waals surface area contributed by atoms with E-state index in [-0.39, 0.29) is 42.3 Å². The molecule has 2 amide bonds. The summed E-state index contributed by atoms with van der Waals surface area (Å²) < 4.78 is 46.1. The van der Waals surface area contributed by atoms with Gasteiger partial charge < -0.3 is 35.3 Å². The number of rotatable bonds is 12. The van der Waals surface area contributed by atoms with E-state index < -0.39 is 42.3 Å². The molecule has 4 aromatic rings. The fourth-order valence-electron chi connectivity index (χ4n) is 7.20. The Morgan fingerprint density at radius 1 is 0.981 bits per heavy atom. The first-order valence-corrected chi connectivity index (χ1v) is 17.9. The summed E-state index contributed by atoms with van der Waals surface area (Å²) in [5, 5.41) is 20.7. The molecular formula is C37H41F3N8O5. The number of hydrogen-bond donors (Lipinski definition) is 4. The van der Waals surface area contributed by atoms with Crippen molar-refractivity contribution in [2.75, 3.05) is 29.9 Å². The standard InChI is InChI=1S/C37H41F3N8O5/c1-2-28(49)44-26-17-27(30(50)31(26)53-35(52)37(38,39)40)48-20-42-29-32(41-18-25(21-9-5-3-6-10-21)22-11-7-4-8-12-22)45-36(46-33(29)48)47-16-15-24(19-47)43-34(51)23-13-14-23/h3-12,20,23-27,30-31,50H,2,13-19H2,1H3,(H,43,51)(H,44,49)(H,41,45,46)/t24-,26+,27-,30+,31-/m1/s1. The summed E-state index contributed by atoms with van der Waals surface area (Å²) in [5.74, 6) is -2.18. The summed E-state index contributed by atoms with van der Waals surface area (Å²) in [4.78, 5) is 53.2. The normalized spacial score (nSPS) is 23.0. The molecule has 5 atom stereocenters. The highest BCUT2D eigenvalue weighted by Crippen LogP contribution is 2.38. The van der Waals surface area contributed by atoms with Gasteiger partial charge in [0, 0.05) is 43.9 Å². The van der Waals surface area contributed by atoms with E-state index in [1.165, 1.54) is 10.9 Å². The molecule has 7 rings (SSSR count). The average molecular weight is 735 g/mol. The van der Waals surface area contributed by atoms with Crippen LogP contribution in [0, 0.1) is 5.92 Å². The monoisotopic (exact) mass is 734 g/mol. The number of aliphatic hydroxyl groups excluding tert-OH is 1. The number of esters is 1. The summed E-state index contributed by atoms with van der Waals surface area (Å²) in [5.41, 5.74) is 2.78. The number of fused-ring (bicyclic) bond motifs is 1. The molecule has 13 nitrogen and oxygen atoms in total. The van der Waals surface area contributed by atoms with Crippen molar-refractivity contribution < 1.29 is 37.4 Å². The molecule has 16 heteroatoms. The number of nitrogens with one attached hydrogen (secondary N) is 3. The summed E-state index contributed by atoms with van der Waals surface area (Å²) in [7, 11) is 0. The van der Waals surface area contributed by atoms with Gasteiger partial charge in [-0.05, 0) is 36.8 Å². The molecule has 0 bridgehead atoms. The number of nitrogens with zero attached hydrogens (tertiary/aromatic N) is 5. The van der Waals surface area contributed by atoms with Crippen LogP contribution in [-0.4, -0.2) is 92.5 Å². The SMILES string of the molecule is CCC(=O)N[C@H]1C[C@@H](n2cnc3c(NCC(c4ccccc4)c4ccccc4)nc(N4CC[C@@H](NC(=O)C5CC5)C4)nc32)[C@H](O)[C@@H]1OC(=O)C(F)(F)F. The minimum absolute atomic E-state index is 0.0295. The van der Waals surface area contributed by atoms with Crippen LogP contribution in [0.2, 0.25) is 0 Å². The first-order valence-electron chi connectivity index (χ1n) is 17.9. The minimum Gasteiger partial charge on any atom is -0.451 e. The average Bonchev–Trinajstić information content (AvgIpc) is 3.66. The molecule has 53 heavy (non-hydrogen) atoms. The molecule has 280 valence electrons. The van der Waals surface area contributed by atoms with Crippen molar-refractivity contribution in [2.45, 2.75) is 81.5 Å². The molecular weight excluding hydrogens is 693 g/mol. The van der Waals surface area contributed by atoms with Crippen molar-refractivity contribution in [1.29, 1.82) is 0 Å². The van der Waals surface area contributed by atoms with Crippen molar-refractivity contribution in [3.05, 3.63) is 78.1 Å². The number of amides is 2. The lowest BCUT2D eigenvalue weighted by Gasteiger charge is -2.24. The zero-order valence-electron chi connectivity index (χ0n) is 29.0. The van der Waals surface area contributed by atoms with Gasteiger partial charge in [0.1, 0.15) is 6.10 Å². The maximum Gasteiger partial charge on any atom is 0.490 e. The van der Waals surface area contributed by atoms with E-state index in [2.05, 4.69) is 20.9 Å². The van der Waals surface area contributed by atoms with Gasteiger partial charge in [-0.3, -0.25) is 9.59 Å². The number of aliphatic hydroxyl groups is 1. The highest BCUT2D eigenvalue weighted by molar-refractivity contribution is 5.85. The number of carbonyl (C=O) groups is 3. The van der Waals surface area contributed by atoms with Gasteiger partial charge in [-0.25, -0.2) is 9.78 Å². The van der Waals surface area contributed by atoms with Gasteiger partial charge in [-0.15, -0.1) is 0 Å². The quantitative estimate of drug-likeness (QED) is 0.157. The Labute approximate surface area is 303 Å². The van der Waals surface area contributed by atoms with Crippen molar-refractivity contribution in [2.24, 2.45) is 5.92 Å². The predicted molar refractivity (Wildman–Crippen MR) is 188 cm³/mol. The van der Waals surface area contributed by atoms with Crippen LogP contribution in [0.3, 0.4) is 0 Å². The third kappa shape index (κ3) is 7.92. The van der Waals surface area contributed by atoms with Crippen molar-refractivity contribution in [3.63, 3.8) is 0 Å². The predicted octanol–water partition coefficient (Wildman–Crippen LogP) is 3.85. The second-order valence-corrected chi connectivity index (χ2v) is 13.9. The molecule has 1 saturated heterocycles. The van der Waals surface area contributed by atoms with Gasteiger partial charge in [-0.2, -0.15) is 23.1 Å². The van der Waals surface area contributed by atoms with Gasteiger partial charge >= 0.3 is 12.1 Å². The smallest absolute Gasteiger partial charge is 0.451 e. The molecule has 0 spiro atoms. The Balaban J connectivity index is 1.23. The van der Waals surface area contributed by atoms with Crippen LogP contribution in [-0.2, 0) is 19.1 Å². The Kier molecular flexibility index (Phi) is 10.2. The number of benzene rings is 2. The van der Waals surface area contributed by atoms with Gasteiger partial charge in [0.25, 0.3) is 0 Å². The number of ether oxygens (including phenoxy) is 1. The summed E-state index contributed by atoms with van der Waals surface area (Å²) in [6, 6.07) is 17.8. The van der Waals surface area contributed by atoms with E-state index in [9.17, 15) is 32.7 Å². The van der Waals surface area contributed by atoms with Crippen LogP contribution in [0.4, 0.5) is 24.9 Å². The fraction of sp³-hybridized carbons (Fsp3) is 0.459. The van der Waals surface area contributed by atoms with Gasteiger partial charge in [0.15, 0.2) is 23.1 Å². The fourth-order valence-corrected chi connectivity index (χ4v) is 7.20. The minimum atomic E-state index is -5.30. The Morgan fingerprint density at radius 2 is 1.66 bits per heavy atom. The summed E-state index contributed by atoms with van der Waals surface area (Å²) in [6.45, 7) is 3.00. The molecule has 2 aromatic heterocycles. The number of carbonyl (C=O) groups excluding carboxylic acids is 3. The molecule has 1 aliphatic heterocycles. The topological polar surface area (TPSA) is 164 Å². The van der Waals surface area contributed by atoms with E-state index in [4.69, 9.17) is 14.7 Å². The van der Waals surface area contributed by atoms with E-state index in [0.717, 1.165) is 24.0 Å². The Hall–Kier alpha value is -5.25. The molecule has 2 aromatic carbocycles. The molecule has 4 N–H and O–H groups in total. The summed E-state index contributed by atoms with van der Waals surface area (Å²) in [6.07, 6.45) is -4.80. The number of alkyl halides is 3. The van der Waals surface area contributed by atoms with Crippen LogP contribution in [0.5, 0.6) is 0 Å². The van der Waals surface area contributed by atoms with Gasteiger partial charge in [0.2, 0.25) is 17.8 Å². The molecule has 2 aliphatic carbocycles. The number of halogens is 3. The van der Waals surface area contributed by atoms with Gasteiger partial charge in [0.05, 0.1) is 18.4 Å². The van der Waals surface area contributed by atoms with Crippen LogP contribution >= 0.6 is 0 Å². The zero-order chi connectivity index (χ0) is 37.3. The van der Waals surface area contributed by atoms with Crippen LogP contribution in [0.15, 0.2) is 67.0 Å². The van der Waals surface area contributed by atoms with E-state index in [1.54, 1.807) is 6.92 Å². The third-order valence-electron chi connectivity index (χ3n) is 10.2. The number of aromatic nitrogens is 4. The lowest BCUT2D eigenvalue weighted by molar-refractivity contribution is -0.209.